The van der Waals surface area contributed by atoms with Crippen molar-refractivity contribution in [2.75, 3.05) is 26.7 Å². The molecule has 0 bridgehead atoms. The van der Waals surface area contributed by atoms with Gasteiger partial charge in [0.15, 0.2) is 5.96 Å². The van der Waals surface area contributed by atoms with Gasteiger partial charge in [-0.3, -0.25) is 4.99 Å². The molecule has 1 aliphatic rings. The summed E-state index contributed by atoms with van der Waals surface area (Å²) in [5.74, 6) is 1.07. The van der Waals surface area contributed by atoms with Crippen molar-refractivity contribution in [1.29, 1.82) is 0 Å². The largest absolute Gasteiger partial charge is 0.356 e. The van der Waals surface area contributed by atoms with E-state index in [1.807, 2.05) is 0 Å². The SMILES string of the molecule is CN(CC(C)(C)C)C1=NCCCCN1. The topological polar surface area (TPSA) is 27.6 Å². The third-order valence-corrected chi connectivity index (χ3v) is 2.20. The molecule has 0 aromatic carbocycles. The van der Waals surface area contributed by atoms with E-state index in [1.54, 1.807) is 0 Å². The van der Waals surface area contributed by atoms with Crippen LogP contribution in [-0.2, 0) is 0 Å². The first-order valence-corrected chi connectivity index (χ1v) is 5.48. The second-order valence-corrected chi connectivity index (χ2v) is 5.26. The van der Waals surface area contributed by atoms with Crippen molar-refractivity contribution in [3.63, 3.8) is 0 Å². The molecule has 0 atom stereocenters. The van der Waals surface area contributed by atoms with E-state index in [4.69, 9.17) is 0 Å². The second-order valence-electron chi connectivity index (χ2n) is 5.26. The van der Waals surface area contributed by atoms with Gasteiger partial charge in [-0.15, -0.1) is 0 Å². The Morgan fingerprint density at radius 3 is 2.71 bits per heavy atom. The Labute approximate surface area is 87.6 Å². The summed E-state index contributed by atoms with van der Waals surface area (Å²) in [5, 5.41) is 3.38. The van der Waals surface area contributed by atoms with Gasteiger partial charge in [-0.05, 0) is 18.3 Å². The summed E-state index contributed by atoms with van der Waals surface area (Å²) in [6.45, 7) is 9.82. The van der Waals surface area contributed by atoms with E-state index >= 15 is 0 Å². The van der Waals surface area contributed by atoms with E-state index in [2.05, 4.69) is 43.0 Å². The Hall–Kier alpha value is -0.730. The number of nitrogens with one attached hydrogen (secondary N) is 1. The fourth-order valence-electron chi connectivity index (χ4n) is 1.72. The van der Waals surface area contributed by atoms with Crippen LogP contribution in [0, 0.1) is 5.41 Å². The molecule has 1 N–H and O–H groups in total. The van der Waals surface area contributed by atoms with Crippen LogP contribution in [0.15, 0.2) is 4.99 Å². The van der Waals surface area contributed by atoms with E-state index in [1.165, 1.54) is 12.8 Å². The molecular weight excluding hydrogens is 174 g/mol. The number of hydrogen-bond acceptors (Lipinski definition) is 3. The zero-order valence-electron chi connectivity index (χ0n) is 9.93. The van der Waals surface area contributed by atoms with Crippen LogP contribution in [-0.4, -0.2) is 37.5 Å². The number of aliphatic imine (C=N–C) groups is 1. The van der Waals surface area contributed by atoms with Crippen LogP contribution in [0.4, 0.5) is 0 Å². The number of rotatable bonds is 1. The third kappa shape index (κ3) is 3.99. The average molecular weight is 197 g/mol. The molecule has 0 aromatic heterocycles. The normalized spacial score (nSPS) is 18.1. The van der Waals surface area contributed by atoms with Gasteiger partial charge in [0.05, 0.1) is 0 Å². The fraction of sp³-hybridized carbons (Fsp3) is 0.909. The first-order valence-electron chi connectivity index (χ1n) is 5.48. The van der Waals surface area contributed by atoms with E-state index in [0.29, 0.717) is 5.41 Å². The standard InChI is InChI=1S/C11H23N3/c1-11(2,3)9-14(4)10-12-7-5-6-8-13-10/h5-9H2,1-4H3,(H,12,13). The lowest BCUT2D eigenvalue weighted by molar-refractivity contribution is 0.300. The molecular formula is C11H23N3. The van der Waals surface area contributed by atoms with Crippen molar-refractivity contribution in [2.45, 2.75) is 33.6 Å². The molecule has 0 amide bonds. The highest BCUT2D eigenvalue weighted by molar-refractivity contribution is 5.79. The third-order valence-electron chi connectivity index (χ3n) is 2.20. The average Bonchev–Trinajstić information content (AvgIpc) is 2.27. The summed E-state index contributed by atoms with van der Waals surface area (Å²) in [5.41, 5.74) is 0.325. The smallest absolute Gasteiger partial charge is 0.193 e. The Morgan fingerprint density at radius 2 is 2.07 bits per heavy atom. The minimum atomic E-state index is 0.325. The molecule has 82 valence electrons. The van der Waals surface area contributed by atoms with E-state index in [9.17, 15) is 0 Å². The Bertz CT molecular complexity index is 203. The van der Waals surface area contributed by atoms with Gasteiger partial charge in [0, 0.05) is 26.7 Å². The van der Waals surface area contributed by atoms with Gasteiger partial charge in [0.1, 0.15) is 0 Å². The lowest BCUT2D eigenvalue weighted by Gasteiger charge is -2.29. The Balaban J connectivity index is 2.50. The van der Waals surface area contributed by atoms with Crippen molar-refractivity contribution in [3.8, 4) is 0 Å². The fourth-order valence-corrected chi connectivity index (χ4v) is 1.72. The van der Waals surface area contributed by atoms with Crippen molar-refractivity contribution in [3.05, 3.63) is 0 Å². The zero-order chi connectivity index (χ0) is 10.6. The second kappa shape index (κ2) is 4.67. The maximum atomic E-state index is 4.54. The first kappa shape index (κ1) is 11.3. The number of hydrogen-bond donors (Lipinski definition) is 1. The number of nitrogens with zero attached hydrogens (tertiary/aromatic N) is 2. The van der Waals surface area contributed by atoms with Gasteiger partial charge in [-0.2, -0.15) is 0 Å². The van der Waals surface area contributed by atoms with Crippen LogP contribution in [0.5, 0.6) is 0 Å². The molecule has 0 radical (unpaired) electrons. The van der Waals surface area contributed by atoms with Crippen molar-refractivity contribution < 1.29 is 0 Å². The lowest BCUT2D eigenvalue weighted by Crippen LogP contribution is -2.42. The monoisotopic (exact) mass is 197 g/mol. The van der Waals surface area contributed by atoms with E-state index in [0.717, 1.165) is 25.6 Å². The van der Waals surface area contributed by atoms with Gasteiger partial charge in [-0.25, -0.2) is 0 Å². The predicted octanol–water partition coefficient (Wildman–Crippen LogP) is 1.70. The molecule has 3 nitrogen and oxygen atoms in total. The van der Waals surface area contributed by atoms with E-state index in [-0.39, 0.29) is 0 Å². The molecule has 3 heteroatoms. The van der Waals surface area contributed by atoms with Crippen LogP contribution in [0.25, 0.3) is 0 Å². The zero-order valence-corrected chi connectivity index (χ0v) is 9.93. The summed E-state index contributed by atoms with van der Waals surface area (Å²) in [6.07, 6.45) is 2.44. The van der Waals surface area contributed by atoms with Gasteiger partial charge in [-0.1, -0.05) is 20.8 Å². The highest BCUT2D eigenvalue weighted by Crippen LogP contribution is 2.14. The summed E-state index contributed by atoms with van der Waals surface area (Å²) in [6, 6.07) is 0. The van der Waals surface area contributed by atoms with Crippen LogP contribution >= 0.6 is 0 Å². The summed E-state index contributed by atoms with van der Waals surface area (Å²) < 4.78 is 0. The van der Waals surface area contributed by atoms with Gasteiger partial charge < -0.3 is 10.2 Å². The summed E-state index contributed by atoms with van der Waals surface area (Å²) in [4.78, 5) is 6.77. The Morgan fingerprint density at radius 1 is 1.36 bits per heavy atom. The molecule has 0 spiro atoms. The maximum Gasteiger partial charge on any atom is 0.193 e. The summed E-state index contributed by atoms with van der Waals surface area (Å²) in [7, 11) is 2.11. The van der Waals surface area contributed by atoms with Crippen LogP contribution in [0.2, 0.25) is 0 Å². The minimum Gasteiger partial charge on any atom is -0.356 e. The van der Waals surface area contributed by atoms with Gasteiger partial charge in [0.2, 0.25) is 0 Å². The van der Waals surface area contributed by atoms with Crippen molar-refractivity contribution >= 4 is 5.96 Å². The molecule has 0 aliphatic carbocycles. The highest BCUT2D eigenvalue weighted by atomic mass is 15.3. The quantitative estimate of drug-likeness (QED) is 0.693. The van der Waals surface area contributed by atoms with Crippen LogP contribution < -0.4 is 5.32 Å². The molecule has 1 rings (SSSR count). The molecule has 0 aromatic rings. The molecule has 0 fully saturated rings. The molecule has 1 aliphatic heterocycles. The van der Waals surface area contributed by atoms with Gasteiger partial charge >= 0.3 is 0 Å². The molecule has 14 heavy (non-hydrogen) atoms. The maximum absolute atomic E-state index is 4.54. The molecule has 0 saturated heterocycles. The Kier molecular flexibility index (Phi) is 3.78. The highest BCUT2D eigenvalue weighted by Gasteiger charge is 2.16. The molecule has 1 heterocycles. The van der Waals surface area contributed by atoms with E-state index < -0.39 is 0 Å². The lowest BCUT2D eigenvalue weighted by atomic mass is 9.96. The summed E-state index contributed by atoms with van der Waals surface area (Å²) >= 11 is 0. The first-order chi connectivity index (χ1) is 6.49. The molecule has 0 unspecified atom stereocenters. The van der Waals surface area contributed by atoms with Crippen LogP contribution in [0.1, 0.15) is 33.6 Å². The van der Waals surface area contributed by atoms with Crippen LogP contribution in [0.3, 0.4) is 0 Å². The van der Waals surface area contributed by atoms with Crippen molar-refractivity contribution in [2.24, 2.45) is 10.4 Å². The molecule has 0 saturated carbocycles. The minimum absolute atomic E-state index is 0.325. The number of guanidine groups is 1. The van der Waals surface area contributed by atoms with Crippen molar-refractivity contribution in [1.82, 2.24) is 10.2 Å². The van der Waals surface area contributed by atoms with Gasteiger partial charge in [0.25, 0.3) is 0 Å². The predicted molar refractivity (Wildman–Crippen MR) is 61.6 cm³/mol.